The minimum atomic E-state index is -0.253. The Kier molecular flexibility index (Phi) is 5.86. The van der Waals surface area contributed by atoms with Crippen LogP contribution in [0.25, 0.3) is 0 Å². The van der Waals surface area contributed by atoms with E-state index in [0.717, 1.165) is 50.3 Å². The van der Waals surface area contributed by atoms with Crippen molar-refractivity contribution in [3.05, 3.63) is 18.1 Å². The van der Waals surface area contributed by atoms with E-state index in [1.807, 2.05) is 6.07 Å². The molecule has 2 atom stereocenters. The van der Waals surface area contributed by atoms with E-state index < -0.39 is 0 Å². The number of anilines is 1. The Bertz CT molecular complexity index is 587. The number of likely N-dealkylation sites (N-methyl/N-ethyl adjacent to an activating group) is 1. The number of hydrogen-bond donors (Lipinski definition) is 0. The summed E-state index contributed by atoms with van der Waals surface area (Å²) >= 11 is 0. The Balaban J connectivity index is 1.52. The Morgan fingerprint density at radius 1 is 1.28 bits per heavy atom. The Hall–Kier alpha value is -1.73. The molecule has 1 aromatic heterocycles. The van der Waals surface area contributed by atoms with Gasteiger partial charge < -0.3 is 19.3 Å². The van der Waals surface area contributed by atoms with Crippen molar-refractivity contribution in [1.82, 2.24) is 14.9 Å². The van der Waals surface area contributed by atoms with Gasteiger partial charge in [0.2, 0.25) is 0 Å². The molecule has 0 unspecified atom stereocenters. The standard InChI is InChI=1S/C18H28N4O3/c1-21(2)18(23)16-5-4-15(25-16)13-6-8-22(9-7-13)17-10-14(11-24-3)19-12-20-17/h10,12-13,15-16H,4-9,11H2,1-3H3/t15-,16+/m0/s1. The normalized spacial score (nSPS) is 24.5. The lowest BCUT2D eigenvalue weighted by Crippen LogP contribution is -2.39. The van der Waals surface area contributed by atoms with Gasteiger partial charge in [-0.2, -0.15) is 0 Å². The zero-order valence-corrected chi connectivity index (χ0v) is 15.4. The number of piperidine rings is 1. The number of rotatable bonds is 5. The first-order valence-electron chi connectivity index (χ1n) is 9.00. The van der Waals surface area contributed by atoms with Crippen LogP contribution >= 0.6 is 0 Å². The second-order valence-electron chi connectivity index (χ2n) is 7.10. The van der Waals surface area contributed by atoms with Crippen molar-refractivity contribution in [2.75, 3.05) is 39.2 Å². The van der Waals surface area contributed by atoms with Crippen LogP contribution in [0.2, 0.25) is 0 Å². The Labute approximate surface area is 149 Å². The third kappa shape index (κ3) is 4.27. The van der Waals surface area contributed by atoms with Gasteiger partial charge in [0.05, 0.1) is 18.4 Å². The van der Waals surface area contributed by atoms with Crippen molar-refractivity contribution in [2.24, 2.45) is 5.92 Å². The van der Waals surface area contributed by atoms with E-state index in [0.29, 0.717) is 12.5 Å². The zero-order valence-electron chi connectivity index (χ0n) is 15.4. The fourth-order valence-electron chi connectivity index (χ4n) is 3.77. The van der Waals surface area contributed by atoms with Gasteiger partial charge in [0, 0.05) is 40.4 Å². The van der Waals surface area contributed by atoms with E-state index in [2.05, 4.69) is 14.9 Å². The minimum absolute atomic E-state index is 0.0894. The summed E-state index contributed by atoms with van der Waals surface area (Å²) in [5, 5.41) is 0. The molecule has 2 saturated heterocycles. The summed E-state index contributed by atoms with van der Waals surface area (Å²) in [6, 6.07) is 2.00. The van der Waals surface area contributed by atoms with Crippen LogP contribution in [-0.2, 0) is 20.9 Å². The number of methoxy groups -OCH3 is 1. The van der Waals surface area contributed by atoms with Gasteiger partial charge in [-0.25, -0.2) is 9.97 Å². The Morgan fingerprint density at radius 2 is 2.04 bits per heavy atom. The smallest absolute Gasteiger partial charge is 0.251 e. The molecule has 138 valence electrons. The van der Waals surface area contributed by atoms with Crippen LogP contribution in [0.4, 0.5) is 5.82 Å². The minimum Gasteiger partial charge on any atom is -0.378 e. The molecule has 7 nitrogen and oxygen atoms in total. The number of hydrogen-bond acceptors (Lipinski definition) is 6. The molecule has 2 aliphatic heterocycles. The first-order chi connectivity index (χ1) is 12.1. The van der Waals surface area contributed by atoms with Gasteiger partial charge in [-0.15, -0.1) is 0 Å². The third-order valence-electron chi connectivity index (χ3n) is 5.16. The average molecular weight is 348 g/mol. The highest BCUT2D eigenvalue weighted by molar-refractivity contribution is 5.80. The quantitative estimate of drug-likeness (QED) is 0.803. The highest BCUT2D eigenvalue weighted by Gasteiger charge is 2.37. The molecule has 0 saturated carbocycles. The molecule has 3 heterocycles. The summed E-state index contributed by atoms with van der Waals surface area (Å²) < 4.78 is 11.2. The largest absolute Gasteiger partial charge is 0.378 e. The van der Waals surface area contributed by atoms with Crippen LogP contribution in [0.5, 0.6) is 0 Å². The number of nitrogens with zero attached hydrogens (tertiary/aromatic N) is 4. The van der Waals surface area contributed by atoms with Crippen LogP contribution in [-0.4, -0.2) is 67.3 Å². The van der Waals surface area contributed by atoms with E-state index in [4.69, 9.17) is 9.47 Å². The van der Waals surface area contributed by atoms with Gasteiger partial charge in [0.1, 0.15) is 18.2 Å². The SMILES string of the molecule is COCc1cc(N2CCC([C@@H]3CC[C@H](C(=O)N(C)C)O3)CC2)ncn1. The lowest BCUT2D eigenvalue weighted by Gasteiger charge is -2.35. The van der Waals surface area contributed by atoms with Crippen LogP contribution in [0.1, 0.15) is 31.4 Å². The molecule has 25 heavy (non-hydrogen) atoms. The molecule has 3 rings (SSSR count). The summed E-state index contributed by atoms with van der Waals surface area (Å²) in [6.45, 7) is 2.42. The number of ether oxygens (including phenoxy) is 2. The van der Waals surface area contributed by atoms with Crippen LogP contribution in [0.3, 0.4) is 0 Å². The fraction of sp³-hybridized carbons (Fsp3) is 0.722. The summed E-state index contributed by atoms with van der Waals surface area (Å²) in [6.07, 6.45) is 5.53. The van der Waals surface area contributed by atoms with Crippen molar-refractivity contribution in [1.29, 1.82) is 0 Å². The lowest BCUT2D eigenvalue weighted by atomic mass is 9.89. The second kappa shape index (κ2) is 8.10. The van der Waals surface area contributed by atoms with Gasteiger partial charge in [-0.3, -0.25) is 4.79 Å². The van der Waals surface area contributed by atoms with Crippen LogP contribution < -0.4 is 4.90 Å². The monoisotopic (exact) mass is 348 g/mol. The van der Waals surface area contributed by atoms with Gasteiger partial charge in [-0.1, -0.05) is 0 Å². The summed E-state index contributed by atoms with van der Waals surface area (Å²) in [4.78, 5) is 24.6. The van der Waals surface area contributed by atoms with Gasteiger partial charge in [-0.05, 0) is 31.6 Å². The third-order valence-corrected chi connectivity index (χ3v) is 5.16. The molecule has 0 aliphatic carbocycles. The van der Waals surface area contributed by atoms with Gasteiger partial charge in [0.25, 0.3) is 5.91 Å². The molecule has 0 bridgehead atoms. The van der Waals surface area contributed by atoms with E-state index in [9.17, 15) is 4.79 Å². The van der Waals surface area contributed by atoms with Gasteiger partial charge >= 0.3 is 0 Å². The van der Waals surface area contributed by atoms with Crippen molar-refractivity contribution in [3.8, 4) is 0 Å². The molecular weight excluding hydrogens is 320 g/mol. The number of carbonyl (C=O) groups excluding carboxylic acids is 1. The first-order valence-corrected chi connectivity index (χ1v) is 9.00. The molecule has 1 aromatic rings. The predicted molar refractivity (Wildman–Crippen MR) is 94.3 cm³/mol. The topological polar surface area (TPSA) is 67.8 Å². The molecule has 0 radical (unpaired) electrons. The maximum absolute atomic E-state index is 12.1. The predicted octanol–water partition coefficient (Wildman–Crippen LogP) is 1.48. The van der Waals surface area contributed by atoms with Crippen LogP contribution in [0.15, 0.2) is 12.4 Å². The number of aromatic nitrogens is 2. The number of amides is 1. The van der Waals surface area contributed by atoms with E-state index >= 15 is 0 Å². The van der Waals surface area contributed by atoms with Crippen LogP contribution in [0, 0.1) is 5.92 Å². The van der Waals surface area contributed by atoms with E-state index in [1.54, 1.807) is 32.4 Å². The molecule has 7 heteroatoms. The van der Waals surface area contributed by atoms with Gasteiger partial charge in [0.15, 0.2) is 0 Å². The maximum atomic E-state index is 12.1. The highest BCUT2D eigenvalue weighted by Crippen LogP contribution is 2.33. The van der Waals surface area contributed by atoms with Crippen molar-refractivity contribution < 1.29 is 14.3 Å². The van der Waals surface area contributed by atoms with E-state index in [1.165, 1.54) is 0 Å². The molecule has 0 aromatic carbocycles. The summed E-state index contributed by atoms with van der Waals surface area (Å²) in [5.74, 6) is 1.58. The first kappa shape index (κ1) is 18.1. The van der Waals surface area contributed by atoms with Crippen molar-refractivity contribution in [3.63, 3.8) is 0 Å². The maximum Gasteiger partial charge on any atom is 0.251 e. The average Bonchev–Trinajstić information content (AvgIpc) is 3.11. The zero-order chi connectivity index (χ0) is 17.8. The molecular formula is C18H28N4O3. The molecule has 2 aliphatic rings. The summed E-state index contributed by atoms with van der Waals surface area (Å²) in [7, 11) is 5.25. The molecule has 2 fully saturated rings. The lowest BCUT2D eigenvalue weighted by molar-refractivity contribution is -0.141. The molecule has 0 N–H and O–H groups in total. The fourth-order valence-corrected chi connectivity index (χ4v) is 3.77. The number of carbonyl (C=O) groups is 1. The summed E-state index contributed by atoms with van der Waals surface area (Å²) in [5.41, 5.74) is 0.902. The second-order valence-corrected chi connectivity index (χ2v) is 7.10. The Morgan fingerprint density at radius 3 is 2.72 bits per heavy atom. The van der Waals surface area contributed by atoms with Crippen molar-refractivity contribution in [2.45, 2.75) is 44.5 Å². The molecule has 0 spiro atoms. The van der Waals surface area contributed by atoms with Crippen molar-refractivity contribution >= 4 is 11.7 Å². The van der Waals surface area contributed by atoms with E-state index in [-0.39, 0.29) is 18.1 Å². The highest BCUT2D eigenvalue weighted by atomic mass is 16.5. The molecule has 1 amide bonds.